The van der Waals surface area contributed by atoms with Gasteiger partial charge in [-0.15, -0.1) is 11.6 Å². The highest BCUT2D eigenvalue weighted by atomic mass is 35.5. The zero-order valence-corrected chi connectivity index (χ0v) is 12.5. The van der Waals surface area contributed by atoms with Gasteiger partial charge in [-0.3, -0.25) is 0 Å². The molecule has 0 N–H and O–H groups in total. The summed E-state index contributed by atoms with van der Waals surface area (Å²) in [7, 11) is 0. The lowest BCUT2D eigenvalue weighted by Crippen LogP contribution is -2.07. The number of para-hydroxylation sites is 1. The van der Waals surface area contributed by atoms with Crippen LogP contribution in [0.25, 0.3) is 11.0 Å². The van der Waals surface area contributed by atoms with Crippen molar-refractivity contribution in [2.75, 3.05) is 13.2 Å². The molecule has 1 aromatic carbocycles. The van der Waals surface area contributed by atoms with Gasteiger partial charge in [-0.2, -0.15) is 5.26 Å². The second-order valence-corrected chi connectivity index (χ2v) is 5.23. The molecule has 1 aromatic heterocycles. The Morgan fingerprint density at radius 1 is 1.50 bits per heavy atom. The first kappa shape index (κ1) is 14.8. The largest absolute Gasteiger partial charge is 0.382 e. The van der Waals surface area contributed by atoms with Crippen LogP contribution in [-0.2, 0) is 11.3 Å². The zero-order valence-electron chi connectivity index (χ0n) is 11.8. The Morgan fingerprint density at radius 3 is 2.95 bits per heavy atom. The highest BCUT2D eigenvalue weighted by molar-refractivity contribution is 6.20. The van der Waals surface area contributed by atoms with Crippen LogP contribution in [0, 0.1) is 11.3 Å². The zero-order chi connectivity index (χ0) is 14.5. The van der Waals surface area contributed by atoms with E-state index in [1.807, 2.05) is 26.0 Å². The number of aryl methyl sites for hydroxylation is 1. The van der Waals surface area contributed by atoms with Gasteiger partial charge in [-0.25, -0.2) is 4.98 Å². The molecule has 0 fully saturated rings. The summed E-state index contributed by atoms with van der Waals surface area (Å²) in [4.78, 5) is 4.55. The minimum Gasteiger partial charge on any atom is -0.382 e. The summed E-state index contributed by atoms with van der Waals surface area (Å²) in [5.41, 5.74) is 2.28. The predicted molar refractivity (Wildman–Crippen MR) is 79.8 cm³/mol. The number of hydrogen-bond donors (Lipinski definition) is 0. The smallest absolute Gasteiger partial charge is 0.127 e. The fourth-order valence-corrected chi connectivity index (χ4v) is 2.43. The molecular formula is C15H18ClN3O. The fraction of sp³-hybridized carbons (Fsp3) is 0.467. The lowest BCUT2D eigenvalue weighted by Gasteiger charge is -2.10. The third-order valence-electron chi connectivity index (χ3n) is 3.16. The van der Waals surface area contributed by atoms with Gasteiger partial charge in [0.05, 0.1) is 16.5 Å². The van der Waals surface area contributed by atoms with Crippen LogP contribution in [0.15, 0.2) is 18.2 Å². The molecule has 0 bridgehead atoms. The highest BCUT2D eigenvalue weighted by Gasteiger charge is 2.16. The van der Waals surface area contributed by atoms with Crippen LogP contribution < -0.4 is 0 Å². The third kappa shape index (κ3) is 2.95. The molecule has 0 saturated heterocycles. The van der Waals surface area contributed by atoms with Crippen LogP contribution in [0.4, 0.5) is 0 Å². The first-order valence-corrected chi connectivity index (χ1v) is 7.23. The fourth-order valence-electron chi connectivity index (χ4n) is 2.26. The summed E-state index contributed by atoms with van der Waals surface area (Å²) in [6.45, 7) is 6.11. The molecular weight excluding hydrogens is 274 g/mol. The third-order valence-corrected chi connectivity index (χ3v) is 3.35. The Balaban J connectivity index is 2.39. The maximum Gasteiger partial charge on any atom is 0.127 e. The van der Waals surface area contributed by atoms with Crippen molar-refractivity contribution in [2.24, 2.45) is 0 Å². The molecule has 0 amide bonds. The van der Waals surface area contributed by atoms with Gasteiger partial charge in [-0.05, 0) is 32.4 Å². The first-order chi connectivity index (χ1) is 9.69. The molecule has 0 saturated carbocycles. The van der Waals surface area contributed by atoms with Crippen molar-refractivity contribution in [1.29, 1.82) is 5.26 Å². The van der Waals surface area contributed by atoms with E-state index in [4.69, 9.17) is 21.6 Å². The first-order valence-electron chi connectivity index (χ1n) is 6.80. The summed E-state index contributed by atoms with van der Waals surface area (Å²) in [6.07, 6.45) is 0.896. The highest BCUT2D eigenvalue weighted by Crippen LogP contribution is 2.26. The van der Waals surface area contributed by atoms with Crippen molar-refractivity contribution in [3.63, 3.8) is 0 Å². The van der Waals surface area contributed by atoms with E-state index in [0.29, 0.717) is 12.2 Å². The number of hydrogen-bond acceptors (Lipinski definition) is 3. The van der Waals surface area contributed by atoms with Crippen molar-refractivity contribution >= 4 is 22.6 Å². The molecule has 1 heterocycles. The molecule has 0 aliphatic heterocycles. The number of nitriles is 1. The number of benzene rings is 1. The summed E-state index contributed by atoms with van der Waals surface area (Å²) < 4.78 is 7.46. The molecule has 20 heavy (non-hydrogen) atoms. The summed E-state index contributed by atoms with van der Waals surface area (Å²) in [6, 6.07) is 7.82. The monoisotopic (exact) mass is 291 g/mol. The predicted octanol–water partition coefficient (Wildman–Crippen LogP) is 3.63. The molecule has 2 rings (SSSR count). The molecule has 0 radical (unpaired) electrons. The van der Waals surface area contributed by atoms with Crippen molar-refractivity contribution < 1.29 is 4.74 Å². The number of halogens is 1. The maximum absolute atomic E-state index is 9.17. The lowest BCUT2D eigenvalue weighted by molar-refractivity contribution is 0.141. The van der Waals surface area contributed by atoms with Gasteiger partial charge >= 0.3 is 0 Å². The average Bonchev–Trinajstić information content (AvgIpc) is 2.82. The van der Waals surface area contributed by atoms with Crippen molar-refractivity contribution in [3.8, 4) is 6.07 Å². The van der Waals surface area contributed by atoms with E-state index in [1.54, 1.807) is 6.07 Å². The van der Waals surface area contributed by atoms with E-state index in [2.05, 4.69) is 15.6 Å². The molecule has 1 unspecified atom stereocenters. The van der Waals surface area contributed by atoms with Gasteiger partial charge < -0.3 is 9.30 Å². The van der Waals surface area contributed by atoms with Crippen LogP contribution in [-0.4, -0.2) is 22.8 Å². The second-order valence-electron chi connectivity index (χ2n) is 4.57. The van der Waals surface area contributed by atoms with Crippen LogP contribution >= 0.6 is 11.6 Å². The Labute approximate surface area is 123 Å². The standard InChI is InChI=1S/C15H18ClN3O/c1-3-20-9-5-8-19-13-7-4-6-12(10-17)14(13)18-15(19)11(2)16/h4,6-7,11H,3,5,8-9H2,1-2H3. The number of aromatic nitrogens is 2. The average molecular weight is 292 g/mol. The lowest BCUT2D eigenvalue weighted by atomic mass is 10.2. The van der Waals surface area contributed by atoms with Gasteiger partial charge in [0.1, 0.15) is 17.4 Å². The Bertz CT molecular complexity index is 628. The minimum absolute atomic E-state index is 0.193. The molecule has 0 aliphatic carbocycles. The molecule has 0 spiro atoms. The van der Waals surface area contributed by atoms with E-state index < -0.39 is 0 Å². The maximum atomic E-state index is 9.17. The number of rotatable bonds is 6. The number of imidazole rings is 1. The Kier molecular flexibility index (Phi) is 4.99. The molecule has 106 valence electrons. The number of ether oxygens (including phenoxy) is 1. The SMILES string of the molecule is CCOCCCn1c(C(C)Cl)nc2c(C#N)cccc21. The van der Waals surface area contributed by atoms with Gasteiger partial charge in [0.2, 0.25) is 0 Å². The quantitative estimate of drug-likeness (QED) is 0.603. The van der Waals surface area contributed by atoms with Crippen molar-refractivity contribution in [2.45, 2.75) is 32.2 Å². The molecule has 5 heteroatoms. The van der Waals surface area contributed by atoms with Crippen LogP contribution in [0.5, 0.6) is 0 Å². The van der Waals surface area contributed by atoms with E-state index in [9.17, 15) is 0 Å². The number of alkyl halides is 1. The second kappa shape index (κ2) is 6.74. The molecule has 4 nitrogen and oxygen atoms in total. The van der Waals surface area contributed by atoms with E-state index in [-0.39, 0.29) is 5.38 Å². The van der Waals surface area contributed by atoms with Gasteiger partial charge in [0.25, 0.3) is 0 Å². The van der Waals surface area contributed by atoms with Crippen molar-refractivity contribution in [3.05, 3.63) is 29.6 Å². The Hall–Kier alpha value is -1.57. The number of fused-ring (bicyclic) bond motifs is 1. The molecule has 2 aromatic rings. The van der Waals surface area contributed by atoms with Crippen LogP contribution in [0.1, 0.15) is 37.0 Å². The van der Waals surface area contributed by atoms with Crippen LogP contribution in [0.3, 0.4) is 0 Å². The van der Waals surface area contributed by atoms with E-state index >= 15 is 0 Å². The van der Waals surface area contributed by atoms with Gasteiger partial charge in [-0.1, -0.05) is 6.07 Å². The minimum atomic E-state index is -0.193. The van der Waals surface area contributed by atoms with Crippen molar-refractivity contribution in [1.82, 2.24) is 9.55 Å². The van der Waals surface area contributed by atoms with Gasteiger partial charge in [0, 0.05) is 19.8 Å². The Morgan fingerprint density at radius 2 is 2.30 bits per heavy atom. The summed E-state index contributed by atoms with van der Waals surface area (Å²) in [5, 5.41) is 8.97. The summed E-state index contributed by atoms with van der Waals surface area (Å²) >= 11 is 6.22. The van der Waals surface area contributed by atoms with E-state index in [0.717, 1.165) is 36.4 Å². The summed E-state index contributed by atoms with van der Waals surface area (Å²) in [5.74, 6) is 0.806. The van der Waals surface area contributed by atoms with E-state index in [1.165, 1.54) is 0 Å². The number of nitrogens with zero attached hydrogens (tertiary/aromatic N) is 3. The topological polar surface area (TPSA) is 50.8 Å². The normalized spacial score (nSPS) is 12.5. The molecule has 1 atom stereocenters. The molecule has 0 aliphatic rings. The van der Waals surface area contributed by atoms with Gasteiger partial charge in [0.15, 0.2) is 0 Å². The van der Waals surface area contributed by atoms with Crippen LogP contribution in [0.2, 0.25) is 0 Å².